The van der Waals surface area contributed by atoms with E-state index in [2.05, 4.69) is 20.0 Å². The summed E-state index contributed by atoms with van der Waals surface area (Å²) >= 11 is 0. The van der Waals surface area contributed by atoms with Crippen molar-refractivity contribution in [3.63, 3.8) is 0 Å². The summed E-state index contributed by atoms with van der Waals surface area (Å²) in [6, 6.07) is 19.3. The lowest BCUT2D eigenvalue weighted by Gasteiger charge is -2.12. The van der Waals surface area contributed by atoms with Crippen LogP contribution in [0.1, 0.15) is 15.9 Å². The quantitative estimate of drug-likeness (QED) is 0.500. The van der Waals surface area contributed by atoms with Crippen LogP contribution >= 0.6 is 0 Å². The molecule has 0 fully saturated rings. The van der Waals surface area contributed by atoms with Crippen LogP contribution in [0.4, 0.5) is 5.69 Å². The molecule has 0 saturated heterocycles. The lowest BCUT2D eigenvalue weighted by molar-refractivity contribution is 0.102. The monoisotopic (exact) mass is 432 g/mol. The van der Waals surface area contributed by atoms with Crippen LogP contribution in [0.2, 0.25) is 0 Å². The zero-order chi connectivity index (χ0) is 22.0. The Morgan fingerprint density at radius 2 is 1.71 bits per heavy atom. The number of hydrogen-bond donors (Lipinski definition) is 2. The summed E-state index contributed by atoms with van der Waals surface area (Å²) in [5.41, 5.74) is 3.28. The highest BCUT2D eigenvalue weighted by molar-refractivity contribution is 7.89. The number of hydrogen-bond acceptors (Lipinski definition) is 5. The number of carbonyl (C=O) groups is 1. The third-order valence-electron chi connectivity index (χ3n) is 4.89. The molecule has 0 aliphatic carbocycles. The molecule has 156 valence electrons. The van der Waals surface area contributed by atoms with E-state index in [-0.39, 0.29) is 10.8 Å². The van der Waals surface area contributed by atoms with Crippen LogP contribution in [0.15, 0.2) is 77.8 Å². The summed E-state index contributed by atoms with van der Waals surface area (Å²) in [4.78, 5) is 22.3. The first kappa shape index (κ1) is 20.6. The van der Waals surface area contributed by atoms with Gasteiger partial charge >= 0.3 is 0 Å². The minimum atomic E-state index is -3.65. The van der Waals surface area contributed by atoms with Gasteiger partial charge in [-0.3, -0.25) is 9.78 Å². The van der Waals surface area contributed by atoms with Gasteiger partial charge in [0.25, 0.3) is 5.91 Å². The van der Waals surface area contributed by atoms with E-state index in [1.807, 2.05) is 42.5 Å². The van der Waals surface area contributed by atoms with Crippen molar-refractivity contribution in [3.05, 3.63) is 84.1 Å². The Bertz CT molecular complexity index is 1390. The Balaban J connectivity index is 1.77. The molecule has 4 aromatic rings. The maximum absolute atomic E-state index is 13.2. The molecular formula is C23H20N4O3S. The standard InChI is InChI=1S/C23H20N4O3S/c1-15-10-11-16(13-22(15)31(29,30)24-2)26-23(28)18-14-21(20-9-5-6-12-25-20)27-19-8-4-3-7-17(18)19/h3-14,24H,1-2H3,(H,26,28). The predicted molar refractivity (Wildman–Crippen MR) is 120 cm³/mol. The van der Waals surface area contributed by atoms with Crippen molar-refractivity contribution in [2.45, 2.75) is 11.8 Å². The molecule has 0 radical (unpaired) electrons. The van der Waals surface area contributed by atoms with Crippen LogP contribution in [0, 0.1) is 6.92 Å². The number of carbonyl (C=O) groups excluding carboxylic acids is 1. The normalized spacial score (nSPS) is 11.4. The fraction of sp³-hybridized carbons (Fsp3) is 0.0870. The van der Waals surface area contributed by atoms with Crippen LogP contribution in [0.25, 0.3) is 22.3 Å². The predicted octanol–water partition coefficient (Wildman–Crippen LogP) is 3.77. The molecule has 0 unspecified atom stereocenters. The average Bonchev–Trinajstić information content (AvgIpc) is 2.80. The third kappa shape index (κ3) is 4.16. The number of rotatable bonds is 5. The summed E-state index contributed by atoms with van der Waals surface area (Å²) in [6.07, 6.45) is 1.67. The zero-order valence-corrected chi connectivity index (χ0v) is 17.8. The van der Waals surface area contributed by atoms with Crippen LogP contribution in [0.5, 0.6) is 0 Å². The molecule has 2 aromatic carbocycles. The molecule has 1 amide bonds. The van der Waals surface area contributed by atoms with Gasteiger partial charge in [-0.2, -0.15) is 0 Å². The number of amides is 1. The van der Waals surface area contributed by atoms with Crippen molar-refractivity contribution in [1.29, 1.82) is 0 Å². The Hall–Kier alpha value is -3.62. The van der Waals surface area contributed by atoms with E-state index in [0.29, 0.717) is 39.1 Å². The third-order valence-corrected chi connectivity index (χ3v) is 6.45. The summed E-state index contributed by atoms with van der Waals surface area (Å²) < 4.78 is 26.8. The number of fused-ring (bicyclic) bond motifs is 1. The van der Waals surface area contributed by atoms with E-state index in [4.69, 9.17) is 0 Å². The van der Waals surface area contributed by atoms with E-state index in [9.17, 15) is 13.2 Å². The van der Waals surface area contributed by atoms with Crippen molar-refractivity contribution in [3.8, 4) is 11.4 Å². The number of nitrogens with one attached hydrogen (secondary N) is 2. The zero-order valence-electron chi connectivity index (χ0n) is 17.0. The summed E-state index contributed by atoms with van der Waals surface area (Å²) in [6.45, 7) is 1.70. The SMILES string of the molecule is CNS(=O)(=O)c1cc(NC(=O)c2cc(-c3ccccn3)nc3ccccc23)ccc1C. The van der Waals surface area contributed by atoms with Crippen molar-refractivity contribution >= 4 is 32.5 Å². The largest absolute Gasteiger partial charge is 0.322 e. The van der Waals surface area contributed by atoms with Crippen molar-refractivity contribution in [2.75, 3.05) is 12.4 Å². The number of aryl methyl sites for hydroxylation is 1. The van der Waals surface area contributed by atoms with Gasteiger partial charge in [0.05, 0.1) is 27.4 Å². The first-order chi connectivity index (χ1) is 14.9. The number of para-hydroxylation sites is 1. The van der Waals surface area contributed by atoms with Gasteiger partial charge in [0.2, 0.25) is 10.0 Å². The van der Waals surface area contributed by atoms with Gasteiger partial charge in [-0.1, -0.05) is 30.3 Å². The maximum Gasteiger partial charge on any atom is 0.256 e. The Morgan fingerprint density at radius 3 is 2.45 bits per heavy atom. The topological polar surface area (TPSA) is 101 Å². The number of aromatic nitrogens is 2. The van der Waals surface area contributed by atoms with Crippen LogP contribution in [0.3, 0.4) is 0 Å². The van der Waals surface area contributed by atoms with E-state index < -0.39 is 10.0 Å². The fourth-order valence-corrected chi connectivity index (χ4v) is 4.28. The molecule has 2 aromatic heterocycles. The molecule has 31 heavy (non-hydrogen) atoms. The molecule has 2 N–H and O–H groups in total. The molecule has 0 aliphatic rings. The first-order valence-corrected chi connectivity index (χ1v) is 11.0. The Labute approximate surface area is 180 Å². The highest BCUT2D eigenvalue weighted by Gasteiger charge is 2.18. The molecule has 2 heterocycles. The van der Waals surface area contributed by atoms with Crippen molar-refractivity contribution in [1.82, 2.24) is 14.7 Å². The lowest BCUT2D eigenvalue weighted by atomic mass is 10.1. The number of anilines is 1. The molecule has 0 bridgehead atoms. The van der Waals surface area contributed by atoms with Gasteiger partial charge in [0.1, 0.15) is 0 Å². The second-order valence-electron chi connectivity index (χ2n) is 6.93. The molecule has 8 heteroatoms. The number of pyridine rings is 2. The van der Waals surface area contributed by atoms with E-state index in [0.717, 1.165) is 0 Å². The maximum atomic E-state index is 13.2. The average molecular weight is 433 g/mol. The highest BCUT2D eigenvalue weighted by atomic mass is 32.2. The second kappa shape index (κ2) is 8.25. The van der Waals surface area contributed by atoms with Crippen LogP contribution < -0.4 is 10.0 Å². The molecule has 4 rings (SSSR count). The molecule has 0 atom stereocenters. The van der Waals surface area contributed by atoms with Gasteiger partial charge in [-0.25, -0.2) is 18.1 Å². The van der Waals surface area contributed by atoms with Crippen LogP contribution in [-0.4, -0.2) is 31.3 Å². The molecule has 0 spiro atoms. The fourth-order valence-electron chi connectivity index (χ4n) is 3.28. The molecule has 0 aliphatic heterocycles. The lowest BCUT2D eigenvalue weighted by Crippen LogP contribution is -2.20. The summed E-state index contributed by atoms with van der Waals surface area (Å²) in [5.74, 6) is -0.368. The van der Waals surface area contributed by atoms with Crippen molar-refractivity contribution in [2.24, 2.45) is 0 Å². The summed E-state index contributed by atoms with van der Waals surface area (Å²) in [5, 5.41) is 3.50. The molecule has 7 nitrogen and oxygen atoms in total. The smallest absolute Gasteiger partial charge is 0.256 e. The second-order valence-corrected chi connectivity index (χ2v) is 8.78. The molecule has 0 saturated carbocycles. The van der Waals surface area contributed by atoms with E-state index >= 15 is 0 Å². The van der Waals surface area contributed by atoms with Crippen molar-refractivity contribution < 1.29 is 13.2 Å². The van der Waals surface area contributed by atoms with Gasteiger partial charge in [0, 0.05) is 17.3 Å². The Kier molecular flexibility index (Phi) is 5.50. The van der Waals surface area contributed by atoms with E-state index in [1.165, 1.54) is 13.1 Å². The first-order valence-electron chi connectivity index (χ1n) is 9.56. The summed E-state index contributed by atoms with van der Waals surface area (Å²) in [7, 11) is -2.30. The van der Waals surface area contributed by atoms with Crippen LogP contribution in [-0.2, 0) is 10.0 Å². The highest BCUT2D eigenvalue weighted by Crippen LogP contribution is 2.25. The number of nitrogens with zero attached hydrogens (tertiary/aromatic N) is 2. The van der Waals surface area contributed by atoms with Gasteiger partial charge in [-0.05, 0) is 55.9 Å². The van der Waals surface area contributed by atoms with E-state index in [1.54, 1.807) is 31.3 Å². The van der Waals surface area contributed by atoms with Gasteiger partial charge < -0.3 is 5.32 Å². The minimum absolute atomic E-state index is 0.113. The minimum Gasteiger partial charge on any atom is -0.322 e. The molecular weight excluding hydrogens is 412 g/mol. The van der Waals surface area contributed by atoms with Gasteiger partial charge in [0.15, 0.2) is 0 Å². The van der Waals surface area contributed by atoms with Gasteiger partial charge in [-0.15, -0.1) is 0 Å². The Morgan fingerprint density at radius 1 is 0.935 bits per heavy atom. The number of sulfonamides is 1. The number of benzene rings is 2.